The van der Waals surface area contributed by atoms with Crippen molar-refractivity contribution in [3.8, 4) is 10.6 Å². The number of furan rings is 1. The first-order valence-corrected chi connectivity index (χ1v) is 8.27. The number of thiazole rings is 1. The maximum atomic E-state index is 5.32. The zero-order valence-corrected chi connectivity index (χ0v) is 14.3. The van der Waals surface area contributed by atoms with E-state index in [1.54, 1.807) is 24.7 Å². The molecule has 0 aliphatic rings. The summed E-state index contributed by atoms with van der Waals surface area (Å²) >= 11 is 1.60. The molecule has 1 atom stereocenters. The van der Waals surface area contributed by atoms with Crippen molar-refractivity contribution in [2.45, 2.75) is 26.4 Å². The van der Waals surface area contributed by atoms with Crippen LogP contribution in [0.2, 0.25) is 0 Å². The number of nitrogens with one attached hydrogen (secondary N) is 1. The van der Waals surface area contributed by atoms with Crippen molar-refractivity contribution in [1.82, 2.24) is 14.8 Å². The van der Waals surface area contributed by atoms with Crippen LogP contribution < -0.4 is 5.32 Å². The van der Waals surface area contributed by atoms with Gasteiger partial charge in [0.05, 0.1) is 36.0 Å². The van der Waals surface area contributed by atoms with Gasteiger partial charge in [0.2, 0.25) is 0 Å². The molecule has 6 nitrogen and oxygen atoms in total. The first-order chi connectivity index (χ1) is 11.2. The van der Waals surface area contributed by atoms with Crippen molar-refractivity contribution in [3.05, 3.63) is 42.1 Å². The minimum absolute atomic E-state index is 0.207. The third-order valence-corrected chi connectivity index (χ3v) is 4.63. The Labute approximate surface area is 139 Å². The van der Waals surface area contributed by atoms with Crippen molar-refractivity contribution in [2.24, 2.45) is 0 Å². The summed E-state index contributed by atoms with van der Waals surface area (Å²) < 4.78 is 12.4. The second-order valence-corrected chi connectivity index (χ2v) is 6.35. The van der Waals surface area contributed by atoms with Gasteiger partial charge in [0.25, 0.3) is 0 Å². The molecule has 0 fully saturated rings. The molecule has 122 valence electrons. The summed E-state index contributed by atoms with van der Waals surface area (Å²) in [6.07, 6.45) is 3.65. The molecule has 3 aromatic rings. The second kappa shape index (κ2) is 6.97. The predicted octanol–water partition coefficient (Wildman–Crippen LogP) is 3.73. The molecule has 7 heteroatoms. The van der Waals surface area contributed by atoms with Crippen LogP contribution in [0, 0.1) is 6.92 Å². The van der Waals surface area contributed by atoms with Crippen LogP contribution in [0.25, 0.3) is 10.6 Å². The van der Waals surface area contributed by atoms with Crippen LogP contribution in [0.15, 0.2) is 35.1 Å². The Kier molecular flexibility index (Phi) is 4.78. The third-order valence-electron chi connectivity index (χ3n) is 3.49. The van der Waals surface area contributed by atoms with Gasteiger partial charge in [-0.2, -0.15) is 5.10 Å². The van der Waals surface area contributed by atoms with Gasteiger partial charge in [-0.3, -0.25) is 4.68 Å². The first-order valence-electron chi connectivity index (χ1n) is 7.45. The van der Waals surface area contributed by atoms with Crippen LogP contribution in [0.1, 0.15) is 24.4 Å². The van der Waals surface area contributed by atoms with Gasteiger partial charge in [-0.25, -0.2) is 4.98 Å². The minimum atomic E-state index is 0.207. The number of methoxy groups -OCH3 is 1. The number of aryl methyl sites for hydroxylation is 1. The molecule has 0 aromatic carbocycles. The van der Waals surface area contributed by atoms with Crippen molar-refractivity contribution < 1.29 is 9.15 Å². The van der Waals surface area contributed by atoms with E-state index in [0.29, 0.717) is 13.2 Å². The average Bonchev–Trinajstić information content (AvgIpc) is 3.26. The summed E-state index contributed by atoms with van der Waals surface area (Å²) in [6, 6.07) is 6.04. The summed E-state index contributed by atoms with van der Waals surface area (Å²) in [7, 11) is 1.70. The molecule has 3 heterocycles. The Morgan fingerprint density at radius 2 is 2.30 bits per heavy atom. The molecule has 0 amide bonds. The van der Waals surface area contributed by atoms with Crippen molar-refractivity contribution in [3.63, 3.8) is 0 Å². The van der Waals surface area contributed by atoms with Gasteiger partial charge in [-0.1, -0.05) is 11.3 Å². The standard InChI is InChI=1S/C16H20N4O2S/c1-11(10-21-3)20-7-6-14(19-20)15-12(2)18-16(23-15)17-9-13-5-4-8-22-13/h4-8,11H,9-10H2,1-3H3,(H,17,18). The van der Waals surface area contributed by atoms with Gasteiger partial charge in [-0.15, -0.1) is 0 Å². The van der Waals surface area contributed by atoms with Crippen LogP contribution in [-0.4, -0.2) is 28.5 Å². The number of anilines is 1. The molecule has 0 aliphatic heterocycles. The zero-order chi connectivity index (χ0) is 16.2. The lowest BCUT2D eigenvalue weighted by Crippen LogP contribution is -2.11. The summed E-state index contributed by atoms with van der Waals surface area (Å²) in [6.45, 7) is 5.34. The Bertz CT molecular complexity index is 748. The Hall–Kier alpha value is -2.12. The van der Waals surface area contributed by atoms with Crippen LogP contribution in [-0.2, 0) is 11.3 Å². The molecule has 23 heavy (non-hydrogen) atoms. The maximum Gasteiger partial charge on any atom is 0.183 e. The van der Waals surface area contributed by atoms with Gasteiger partial charge in [-0.05, 0) is 32.0 Å². The summed E-state index contributed by atoms with van der Waals surface area (Å²) in [5.74, 6) is 0.886. The van der Waals surface area contributed by atoms with Crippen LogP contribution in [0.3, 0.4) is 0 Å². The number of ether oxygens (including phenoxy) is 1. The number of hydrogen-bond donors (Lipinski definition) is 1. The molecule has 1 unspecified atom stereocenters. The lowest BCUT2D eigenvalue weighted by atomic mass is 10.3. The monoisotopic (exact) mass is 332 g/mol. The molecule has 3 rings (SSSR count). The molecule has 0 saturated heterocycles. The van der Waals surface area contributed by atoms with Crippen molar-refractivity contribution >= 4 is 16.5 Å². The maximum absolute atomic E-state index is 5.32. The van der Waals surface area contributed by atoms with E-state index < -0.39 is 0 Å². The molecular formula is C16H20N4O2S. The second-order valence-electron chi connectivity index (χ2n) is 5.35. The van der Waals surface area contributed by atoms with Gasteiger partial charge < -0.3 is 14.5 Å². The van der Waals surface area contributed by atoms with Gasteiger partial charge in [0, 0.05) is 13.3 Å². The Balaban J connectivity index is 1.73. The largest absolute Gasteiger partial charge is 0.467 e. The number of rotatable bonds is 7. The van der Waals surface area contributed by atoms with Crippen molar-refractivity contribution in [2.75, 3.05) is 19.0 Å². The van der Waals surface area contributed by atoms with Gasteiger partial charge in [0.15, 0.2) is 5.13 Å². The highest BCUT2D eigenvalue weighted by Gasteiger charge is 2.14. The summed E-state index contributed by atoms with van der Waals surface area (Å²) in [4.78, 5) is 5.65. The van der Waals surface area contributed by atoms with E-state index in [1.165, 1.54) is 0 Å². The van der Waals surface area contributed by atoms with E-state index in [0.717, 1.165) is 27.2 Å². The number of hydrogen-bond acceptors (Lipinski definition) is 6. The lowest BCUT2D eigenvalue weighted by Gasteiger charge is -2.09. The summed E-state index contributed by atoms with van der Waals surface area (Å²) in [5.41, 5.74) is 1.91. The highest BCUT2D eigenvalue weighted by atomic mass is 32.1. The number of nitrogens with zero attached hydrogens (tertiary/aromatic N) is 3. The zero-order valence-electron chi connectivity index (χ0n) is 13.4. The molecule has 3 aromatic heterocycles. The van der Waals surface area contributed by atoms with E-state index in [4.69, 9.17) is 9.15 Å². The van der Waals surface area contributed by atoms with Crippen LogP contribution in [0.4, 0.5) is 5.13 Å². The molecular weight excluding hydrogens is 312 g/mol. The quantitative estimate of drug-likeness (QED) is 0.714. The topological polar surface area (TPSA) is 65.1 Å². The van der Waals surface area contributed by atoms with Crippen LogP contribution in [0.5, 0.6) is 0 Å². The Morgan fingerprint density at radius 1 is 1.43 bits per heavy atom. The molecule has 0 aliphatic carbocycles. The third kappa shape index (κ3) is 3.62. The SMILES string of the molecule is COCC(C)n1ccc(-c2sc(NCc3ccco3)nc2C)n1. The van der Waals surface area contributed by atoms with E-state index in [2.05, 4.69) is 22.3 Å². The number of aromatic nitrogens is 3. The van der Waals surface area contributed by atoms with E-state index in [1.807, 2.05) is 36.0 Å². The molecule has 0 radical (unpaired) electrons. The molecule has 1 N–H and O–H groups in total. The first kappa shape index (κ1) is 15.8. The smallest absolute Gasteiger partial charge is 0.183 e. The fourth-order valence-electron chi connectivity index (χ4n) is 2.31. The lowest BCUT2D eigenvalue weighted by molar-refractivity contribution is 0.157. The average molecular weight is 332 g/mol. The van der Waals surface area contributed by atoms with Gasteiger partial charge in [0.1, 0.15) is 11.5 Å². The molecule has 0 bridgehead atoms. The Morgan fingerprint density at radius 3 is 3.04 bits per heavy atom. The van der Waals surface area contributed by atoms with E-state index >= 15 is 0 Å². The molecule has 0 spiro atoms. The van der Waals surface area contributed by atoms with Crippen LogP contribution >= 0.6 is 11.3 Å². The van der Waals surface area contributed by atoms with Gasteiger partial charge >= 0.3 is 0 Å². The molecule has 0 saturated carbocycles. The fourth-order valence-corrected chi connectivity index (χ4v) is 3.23. The summed E-state index contributed by atoms with van der Waals surface area (Å²) in [5, 5.41) is 8.80. The highest BCUT2D eigenvalue weighted by molar-refractivity contribution is 7.19. The van der Waals surface area contributed by atoms with Crippen molar-refractivity contribution in [1.29, 1.82) is 0 Å². The minimum Gasteiger partial charge on any atom is -0.467 e. The predicted molar refractivity (Wildman–Crippen MR) is 90.7 cm³/mol. The van der Waals surface area contributed by atoms with E-state index in [-0.39, 0.29) is 6.04 Å². The fraction of sp³-hybridized carbons (Fsp3) is 0.375. The highest BCUT2D eigenvalue weighted by Crippen LogP contribution is 2.32. The van der Waals surface area contributed by atoms with E-state index in [9.17, 15) is 0 Å². The normalized spacial score (nSPS) is 12.5.